The van der Waals surface area contributed by atoms with Crippen LogP contribution in [0, 0.1) is 0 Å². The third-order valence-corrected chi connectivity index (χ3v) is 10.3. The normalized spacial score (nSPS) is 10.5. The maximum Gasteiger partial charge on any atom is 0.308 e. The highest BCUT2D eigenvalue weighted by atomic mass is 32.1. The van der Waals surface area contributed by atoms with E-state index in [1.165, 1.54) is 0 Å². The standard InChI is InChI=1S/C25H21NO13.C25H20O13S/c1-9(27)34-17-7-15-19(24(38-13(5)31)22(17)36-11(3)29)26-20-16(21(15)33)8-18(35-10(2)28)23(37-12(4)30)25(20)39-14(6)32;1-9(26)33-17-7-15-19(32)16-8-18(34-10(2)27)21(36-12(4)29)23(38-14(6)31)25(16)39-24(15)22(37-13(5)30)20(17)35-11(3)28/h7-8H,1-6H3,(H,26,33);7-8H,1-6H3. The molecular formula is C50H41NO26S. The molecule has 0 aliphatic rings. The van der Waals surface area contributed by atoms with Gasteiger partial charge in [-0.15, -0.1) is 11.3 Å². The lowest BCUT2D eigenvalue weighted by Crippen LogP contribution is -2.15. The predicted molar refractivity (Wildman–Crippen MR) is 263 cm³/mol. The van der Waals surface area contributed by atoms with Crippen molar-refractivity contribution in [3.8, 4) is 69.0 Å². The third kappa shape index (κ3) is 13.8. The van der Waals surface area contributed by atoms with E-state index in [1.54, 1.807) is 0 Å². The average molecular weight is 1100 g/mol. The third-order valence-electron chi connectivity index (χ3n) is 9.13. The molecule has 0 saturated heterocycles. The number of benzene rings is 4. The van der Waals surface area contributed by atoms with Crippen LogP contribution >= 0.6 is 11.3 Å². The smallest absolute Gasteiger partial charge is 0.308 e. The minimum absolute atomic E-state index is 0.0859. The lowest BCUT2D eigenvalue weighted by Gasteiger charge is -2.18. The first-order valence-corrected chi connectivity index (χ1v) is 22.8. The molecule has 0 saturated carbocycles. The number of carbonyl (C=O) groups is 12. The molecule has 6 rings (SSSR count). The molecule has 0 atom stereocenters. The van der Waals surface area contributed by atoms with E-state index in [-0.39, 0.29) is 42.0 Å². The zero-order chi connectivity index (χ0) is 58.4. The van der Waals surface area contributed by atoms with E-state index in [2.05, 4.69) is 4.98 Å². The number of pyridine rings is 1. The van der Waals surface area contributed by atoms with Gasteiger partial charge in [0.05, 0.1) is 31.2 Å². The second-order valence-corrected chi connectivity index (χ2v) is 16.8. The average Bonchev–Trinajstić information content (AvgIpc) is 3.28. The van der Waals surface area contributed by atoms with Crippen molar-refractivity contribution in [3.63, 3.8) is 0 Å². The van der Waals surface area contributed by atoms with Crippen molar-refractivity contribution in [2.24, 2.45) is 0 Å². The second kappa shape index (κ2) is 24.0. The lowest BCUT2D eigenvalue weighted by atomic mass is 10.1. The first kappa shape index (κ1) is 58.8. The van der Waals surface area contributed by atoms with Crippen LogP contribution in [-0.2, 0) is 57.5 Å². The van der Waals surface area contributed by atoms with Gasteiger partial charge in [-0.3, -0.25) is 67.1 Å². The monoisotopic (exact) mass is 1100 g/mol. The number of esters is 12. The van der Waals surface area contributed by atoms with Gasteiger partial charge in [0.2, 0.25) is 34.5 Å². The van der Waals surface area contributed by atoms with Gasteiger partial charge in [-0.1, -0.05) is 0 Å². The molecule has 2 heterocycles. The number of aromatic amines is 1. The molecule has 0 aliphatic heterocycles. The van der Waals surface area contributed by atoms with Crippen molar-refractivity contribution in [1.29, 1.82) is 0 Å². The van der Waals surface area contributed by atoms with Crippen molar-refractivity contribution in [1.82, 2.24) is 4.98 Å². The molecule has 0 unspecified atom stereocenters. The second-order valence-electron chi connectivity index (χ2n) is 15.7. The van der Waals surface area contributed by atoms with Gasteiger partial charge in [0, 0.05) is 93.9 Å². The van der Waals surface area contributed by atoms with Crippen LogP contribution in [0.5, 0.6) is 69.0 Å². The number of fused-ring (bicyclic) bond motifs is 4. The van der Waals surface area contributed by atoms with Crippen molar-refractivity contribution in [3.05, 3.63) is 44.7 Å². The highest BCUT2D eigenvalue weighted by molar-refractivity contribution is 7.25. The van der Waals surface area contributed by atoms with E-state index in [9.17, 15) is 67.1 Å². The van der Waals surface area contributed by atoms with Crippen molar-refractivity contribution in [2.75, 3.05) is 0 Å². The number of ether oxygens (including phenoxy) is 12. The van der Waals surface area contributed by atoms with Gasteiger partial charge < -0.3 is 61.8 Å². The highest BCUT2D eigenvalue weighted by Gasteiger charge is 2.31. The zero-order valence-corrected chi connectivity index (χ0v) is 43.6. The Morgan fingerprint density at radius 1 is 0.282 bits per heavy atom. The summed E-state index contributed by atoms with van der Waals surface area (Å²) in [5.74, 6) is -16.0. The number of carbonyl (C=O) groups excluding carboxylic acids is 12. The zero-order valence-electron chi connectivity index (χ0n) is 42.8. The molecule has 28 heteroatoms. The molecule has 0 fully saturated rings. The summed E-state index contributed by atoms with van der Waals surface area (Å²) in [5.41, 5.74) is -2.12. The maximum absolute atomic E-state index is 13.7. The minimum Gasteiger partial charge on any atom is -0.423 e. The quantitative estimate of drug-likeness (QED) is 0.0934. The number of rotatable bonds is 12. The fourth-order valence-electron chi connectivity index (χ4n) is 6.93. The van der Waals surface area contributed by atoms with Crippen LogP contribution in [0.2, 0.25) is 0 Å². The molecule has 0 spiro atoms. The van der Waals surface area contributed by atoms with Gasteiger partial charge in [-0.25, -0.2) is 0 Å². The Morgan fingerprint density at radius 3 is 0.718 bits per heavy atom. The number of hydrogen-bond acceptors (Lipinski definition) is 27. The van der Waals surface area contributed by atoms with Crippen LogP contribution < -0.4 is 67.7 Å². The number of hydrogen-bond donors (Lipinski definition) is 1. The largest absolute Gasteiger partial charge is 0.423 e. The van der Waals surface area contributed by atoms with Gasteiger partial charge in [0.1, 0.15) is 0 Å². The van der Waals surface area contributed by atoms with Crippen molar-refractivity contribution >= 4 is 125 Å². The summed E-state index contributed by atoms with van der Waals surface area (Å²) in [6.45, 7) is 12.5. The van der Waals surface area contributed by atoms with E-state index in [0.29, 0.717) is 0 Å². The van der Waals surface area contributed by atoms with Crippen LogP contribution in [0.15, 0.2) is 33.9 Å². The molecule has 0 bridgehead atoms. The van der Waals surface area contributed by atoms with Crippen LogP contribution in [0.3, 0.4) is 0 Å². The van der Waals surface area contributed by atoms with Crippen molar-refractivity contribution in [2.45, 2.75) is 83.1 Å². The summed E-state index contributed by atoms with van der Waals surface area (Å²) in [4.78, 5) is 172. The Hall–Kier alpha value is -10.1. The van der Waals surface area contributed by atoms with E-state index >= 15 is 0 Å². The summed E-state index contributed by atoms with van der Waals surface area (Å²) in [6.07, 6.45) is 0. The summed E-state index contributed by atoms with van der Waals surface area (Å²) in [5, 5.41) is -0.820. The van der Waals surface area contributed by atoms with E-state index in [0.717, 1.165) is 119 Å². The Bertz CT molecular complexity index is 3310. The van der Waals surface area contributed by atoms with Crippen LogP contribution in [0.1, 0.15) is 83.1 Å². The minimum atomic E-state index is -0.906. The van der Waals surface area contributed by atoms with Gasteiger partial charge in [0.15, 0.2) is 45.4 Å². The summed E-state index contributed by atoms with van der Waals surface area (Å²) >= 11 is 0.722. The number of H-pyrrole nitrogens is 1. The van der Waals surface area contributed by atoms with Gasteiger partial charge >= 0.3 is 71.6 Å². The predicted octanol–water partition coefficient (Wildman–Crippen LogP) is 5.20. The molecule has 1 N–H and O–H groups in total. The Balaban J connectivity index is 0.000000287. The molecule has 0 amide bonds. The lowest BCUT2D eigenvalue weighted by molar-refractivity contribution is -0.135. The topological polar surface area (TPSA) is 366 Å². The molecule has 0 radical (unpaired) electrons. The SMILES string of the molecule is CC(=O)Oc1cc2c(=O)c3cc(OC(C)=O)c(OC(C)=O)c(OC(C)=O)c3[nH]c2c(OC(C)=O)c1OC(C)=O.CC(=O)Oc1cc2c(=O)c3cc(OC(C)=O)c(OC(C)=O)c(OC(C)=O)c3sc2c(OC(C)=O)c1OC(C)=O. The molecule has 0 aliphatic carbocycles. The van der Waals surface area contributed by atoms with Crippen LogP contribution in [-0.4, -0.2) is 76.6 Å². The first-order chi connectivity index (χ1) is 36.4. The van der Waals surface area contributed by atoms with Gasteiger partial charge in [-0.2, -0.15) is 0 Å². The molecule has 78 heavy (non-hydrogen) atoms. The van der Waals surface area contributed by atoms with E-state index in [4.69, 9.17) is 56.8 Å². The maximum atomic E-state index is 13.7. The number of aromatic nitrogens is 1. The van der Waals surface area contributed by atoms with Crippen LogP contribution in [0.4, 0.5) is 0 Å². The number of nitrogens with one attached hydrogen (secondary N) is 1. The first-order valence-electron chi connectivity index (χ1n) is 22.0. The Morgan fingerprint density at radius 2 is 0.474 bits per heavy atom. The van der Waals surface area contributed by atoms with E-state index in [1.807, 2.05) is 0 Å². The summed E-state index contributed by atoms with van der Waals surface area (Å²) in [7, 11) is 0. The highest BCUT2D eigenvalue weighted by Crippen LogP contribution is 2.51. The fourth-order valence-corrected chi connectivity index (χ4v) is 8.12. The molecular weight excluding hydrogens is 1060 g/mol. The molecule has 4 aromatic carbocycles. The summed E-state index contributed by atoms with van der Waals surface area (Å²) < 4.78 is 61.9. The molecule has 27 nitrogen and oxygen atoms in total. The fraction of sp³-hybridized carbons (Fsp3) is 0.240. The summed E-state index contributed by atoms with van der Waals surface area (Å²) in [6, 6.07) is 4.29. The molecule has 2 aromatic heterocycles. The van der Waals surface area contributed by atoms with Gasteiger partial charge in [-0.05, 0) is 24.3 Å². The molecule has 6 aromatic rings. The van der Waals surface area contributed by atoms with Gasteiger partial charge in [0.25, 0.3) is 0 Å². The Kier molecular flexibility index (Phi) is 18.1. The van der Waals surface area contributed by atoms with Crippen molar-refractivity contribution < 1.29 is 114 Å². The van der Waals surface area contributed by atoms with Crippen LogP contribution in [0.25, 0.3) is 42.0 Å². The molecule has 408 valence electrons. The Labute approximate surface area is 439 Å². The van der Waals surface area contributed by atoms with E-state index < -0.39 is 151 Å².